The van der Waals surface area contributed by atoms with E-state index >= 15 is 0 Å². The molecule has 0 unspecified atom stereocenters. The highest BCUT2D eigenvalue weighted by Crippen LogP contribution is 2.19. The topological polar surface area (TPSA) is 81.8 Å². The molecule has 1 fully saturated rings. The summed E-state index contributed by atoms with van der Waals surface area (Å²) in [6.07, 6.45) is 3.61. The zero-order chi connectivity index (χ0) is 22.3. The largest absolute Gasteiger partial charge is 0.444 e. The lowest BCUT2D eigenvalue weighted by Gasteiger charge is -2.33. The van der Waals surface area contributed by atoms with Crippen LogP contribution in [0.15, 0.2) is 58.3 Å². The lowest BCUT2D eigenvalue weighted by molar-refractivity contribution is 0.312. The molecule has 0 bridgehead atoms. The van der Waals surface area contributed by atoms with E-state index in [9.17, 15) is 0 Å². The van der Waals surface area contributed by atoms with Gasteiger partial charge in [-0.1, -0.05) is 23.8 Å². The minimum atomic E-state index is 0. The molecule has 3 aromatic rings. The molecule has 1 aromatic carbocycles. The van der Waals surface area contributed by atoms with Crippen molar-refractivity contribution in [3.05, 3.63) is 65.7 Å². The number of nitrogens with zero attached hydrogens (tertiary/aromatic N) is 5. The number of rotatable bonds is 6. The Bertz CT molecular complexity index is 1030. The molecule has 1 aliphatic rings. The summed E-state index contributed by atoms with van der Waals surface area (Å²) in [7, 11) is 3.91. The van der Waals surface area contributed by atoms with Gasteiger partial charge in [-0.2, -0.15) is 0 Å². The normalized spacial score (nSPS) is 14.6. The van der Waals surface area contributed by atoms with Crippen molar-refractivity contribution < 1.29 is 4.42 Å². The molecule has 1 aliphatic heterocycles. The number of hydrogen-bond acceptors (Lipinski definition) is 6. The molecule has 0 amide bonds. The third kappa shape index (κ3) is 6.91. The molecule has 2 N–H and O–H groups in total. The quantitative estimate of drug-likeness (QED) is 0.272. The van der Waals surface area contributed by atoms with Crippen molar-refractivity contribution in [2.75, 3.05) is 45.2 Å². The molecule has 176 valence electrons. The summed E-state index contributed by atoms with van der Waals surface area (Å²) in [5, 5.41) is 6.61. The number of halogens is 1. The number of aryl methyl sites for hydroxylation is 1. The summed E-state index contributed by atoms with van der Waals surface area (Å²) in [6.45, 7) is 7.41. The Hall–Kier alpha value is -2.66. The molecule has 8 nitrogen and oxygen atoms in total. The van der Waals surface area contributed by atoms with Crippen LogP contribution in [0.2, 0.25) is 0 Å². The number of hydrogen-bond donors (Lipinski definition) is 2. The van der Waals surface area contributed by atoms with Gasteiger partial charge < -0.3 is 24.9 Å². The van der Waals surface area contributed by atoms with Crippen molar-refractivity contribution in [3.8, 4) is 11.5 Å². The number of aromatic nitrogens is 2. The predicted molar refractivity (Wildman–Crippen MR) is 143 cm³/mol. The van der Waals surface area contributed by atoms with Gasteiger partial charge in [-0.25, -0.2) is 9.97 Å². The monoisotopic (exact) mass is 561 g/mol. The second-order valence-corrected chi connectivity index (χ2v) is 8.10. The summed E-state index contributed by atoms with van der Waals surface area (Å²) in [6, 6.07) is 12.3. The first-order valence-electron chi connectivity index (χ1n) is 10.9. The van der Waals surface area contributed by atoms with Crippen LogP contribution < -0.4 is 15.5 Å². The van der Waals surface area contributed by atoms with Crippen LogP contribution in [0, 0.1) is 6.92 Å². The van der Waals surface area contributed by atoms with Crippen molar-refractivity contribution in [1.29, 1.82) is 0 Å². The zero-order valence-electron chi connectivity index (χ0n) is 19.4. The van der Waals surface area contributed by atoms with Crippen LogP contribution >= 0.6 is 24.0 Å². The fraction of sp³-hybridized carbons (Fsp3) is 0.375. The molecule has 3 heterocycles. The molecule has 2 aromatic heterocycles. The second-order valence-electron chi connectivity index (χ2n) is 8.10. The van der Waals surface area contributed by atoms with Gasteiger partial charge in [0, 0.05) is 51.5 Å². The Morgan fingerprint density at radius 3 is 2.42 bits per heavy atom. The number of nitrogens with one attached hydrogen (secondary N) is 2. The predicted octanol–water partition coefficient (Wildman–Crippen LogP) is 3.28. The maximum atomic E-state index is 5.63. The van der Waals surface area contributed by atoms with Gasteiger partial charge in [0.05, 0.1) is 12.2 Å². The van der Waals surface area contributed by atoms with E-state index in [1.165, 1.54) is 5.56 Å². The van der Waals surface area contributed by atoms with Gasteiger partial charge in [-0.3, -0.25) is 4.99 Å². The number of anilines is 1. The highest BCUT2D eigenvalue weighted by atomic mass is 127. The minimum absolute atomic E-state index is 0. The van der Waals surface area contributed by atoms with Gasteiger partial charge in [0.2, 0.25) is 5.89 Å². The average Bonchev–Trinajstić information content (AvgIpc) is 3.30. The van der Waals surface area contributed by atoms with E-state index in [2.05, 4.69) is 73.6 Å². The highest BCUT2D eigenvalue weighted by Gasteiger charge is 2.15. The lowest BCUT2D eigenvalue weighted by atomic mass is 10.1. The maximum Gasteiger partial charge on any atom is 0.226 e. The maximum absolute atomic E-state index is 5.63. The van der Waals surface area contributed by atoms with Crippen LogP contribution in [-0.4, -0.2) is 61.1 Å². The number of likely N-dealkylation sites (N-methyl/N-ethyl adjacent to an activating group) is 1. The number of pyridine rings is 1. The Labute approximate surface area is 212 Å². The van der Waals surface area contributed by atoms with Crippen LogP contribution in [0.5, 0.6) is 0 Å². The molecule has 33 heavy (non-hydrogen) atoms. The molecule has 4 rings (SSSR count). The van der Waals surface area contributed by atoms with E-state index in [1.54, 1.807) is 13.3 Å². The van der Waals surface area contributed by atoms with Gasteiger partial charge in [-0.15, -0.1) is 24.0 Å². The van der Waals surface area contributed by atoms with E-state index < -0.39 is 0 Å². The highest BCUT2D eigenvalue weighted by molar-refractivity contribution is 14.0. The molecule has 0 spiro atoms. The Morgan fingerprint density at radius 2 is 1.76 bits per heavy atom. The molecule has 0 saturated carbocycles. The second kappa shape index (κ2) is 12.0. The average molecular weight is 561 g/mol. The van der Waals surface area contributed by atoms with Crippen LogP contribution in [-0.2, 0) is 13.1 Å². The number of guanidine groups is 1. The van der Waals surface area contributed by atoms with Crippen molar-refractivity contribution in [1.82, 2.24) is 25.5 Å². The van der Waals surface area contributed by atoms with Crippen molar-refractivity contribution in [3.63, 3.8) is 0 Å². The lowest BCUT2D eigenvalue weighted by Crippen LogP contribution is -2.44. The summed E-state index contributed by atoms with van der Waals surface area (Å²) < 4.78 is 5.63. The van der Waals surface area contributed by atoms with Gasteiger partial charge in [0.15, 0.2) is 5.96 Å². The van der Waals surface area contributed by atoms with Gasteiger partial charge >= 0.3 is 0 Å². The molecule has 9 heteroatoms. The van der Waals surface area contributed by atoms with Crippen LogP contribution in [0.3, 0.4) is 0 Å². The summed E-state index contributed by atoms with van der Waals surface area (Å²) in [5.41, 5.74) is 4.11. The molecule has 0 aliphatic carbocycles. The van der Waals surface area contributed by atoms with E-state index in [4.69, 9.17) is 4.42 Å². The van der Waals surface area contributed by atoms with E-state index in [0.29, 0.717) is 24.9 Å². The first kappa shape index (κ1) is 25.0. The van der Waals surface area contributed by atoms with E-state index in [1.807, 2.05) is 18.3 Å². The number of piperazine rings is 1. The SMILES string of the molecule is CN=C(NCc1ccc(N2CCN(C)CC2)nc1)NCc1coc(-c2ccc(C)cc2)n1.I. The summed E-state index contributed by atoms with van der Waals surface area (Å²) >= 11 is 0. The fourth-order valence-electron chi connectivity index (χ4n) is 3.54. The van der Waals surface area contributed by atoms with Crippen LogP contribution in [0.4, 0.5) is 5.82 Å². The Kier molecular flexibility index (Phi) is 9.07. The summed E-state index contributed by atoms with van der Waals surface area (Å²) in [4.78, 5) is 18.2. The van der Waals surface area contributed by atoms with Gasteiger partial charge in [0.25, 0.3) is 0 Å². The van der Waals surface area contributed by atoms with Gasteiger partial charge in [0.1, 0.15) is 12.1 Å². The standard InChI is InChI=1S/C24H31N7O.HI/c1-18-4-7-20(8-5-18)23-29-21(17-32-23)16-28-24(25-2)27-15-19-6-9-22(26-14-19)31-12-10-30(3)11-13-31;/h4-9,14,17H,10-13,15-16H2,1-3H3,(H2,25,27,28);1H. The number of aliphatic imine (C=N–C) groups is 1. The Balaban J connectivity index is 0.00000306. The minimum Gasteiger partial charge on any atom is -0.444 e. The summed E-state index contributed by atoms with van der Waals surface area (Å²) in [5.74, 6) is 2.36. The molecule has 0 atom stereocenters. The third-order valence-corrected chi connectivity index (χ3v) is 5.61. The molecular weight excluding hydrogens is 529 g/mol. The molecule has 1 saturated heterocycles. The van der Waals surface area contributed by atoms with Crippen LogP contribution in [0.25, 0.3) is 11.5 Å². The third-order valence-electron chi connectivity index (χ3n) is 5.61. The van der Waals surface area contributed by atoms with Gasteiger partial charge in [-0.05, 0) is 37.7 Å². The first-order valence-corrected chi connectivity index (χ1v) is 10.9. The Morgan fingerprint density at radius 1 is 1.03 bits per heavy atom. The van der Waals surface area contributed by atoms with Crippen molar-refractivity contribution in [2.45, 2.75) is 20.0 Å². The molecular formula is C24H32IN7O. The number of benzene rings is 1. The molecule has 0 radical (unpaired) electrons. The first-order chi connectivity index (χ1) is 15.6. The van der Waals surface area contributed by atoms with Crippen molar-refractivity contribution >= 4 is 35.8 Å². The van der Waals surface area contributed by atoms with E-state index in [-0.39, 0.29) is 24.0 Å². The van der Waals surface area contributed by atoms with E-state index in [0.717, 1.165) is 48.8 Å². The zero-order valence-corrected chi connectivity index (χ0v) is 21.7. The smallest absolute Gasteiger partial charge is 0.226 e. The van der Waals surface area contributed by atoms with Crippen molar-refractivity contribution in [2.24, 2.45) is 4.99 Å². The number of oxazole rings is 1. The van der Waals surface area contributed by atoms with Crippen LogP contribution in [0.1, 0.15) is 16.8 Å². The fourth-order valence-corrected chi connectivity index (χ4v) is 3.54.